The smallest absolute Gasteiger partial charge is 0.388 e. The van der Waals surface area contributed by atoms with Crippen molar-refractivity contribution in [1.29, 1.82) is 0 Å². The number of hydrogen-bond donors (Lipinski definition) is 3. The van der Waals surface area contributed by atoms with Crippen molar-refractivity contribution in [3.8, 4) is 11.4 Å². The summed E-state index contributed by atoms with van der Waals surface area (Å²) in [6.45, 7) is 1.32. The number of halogens is 5. The Morgan fingerprint density at radius 1 is 1.26 bits per heavy atom. The third kappa shape index (κ3) is 4.30. The number of H-pyrrole nitrogens is 1. The van der Waals surface area contributed by atoms with Gasteiger partial charge in [0.05, 0.1) is 23.8 Å². The van der Waals surface area contributed by atoms with Crippen molar-refractivity contribution in [2.24, 2.45) is 0 Å². The lowest BCUT2D eigenvalue weighted by molar-refractivity contribution is -0.178. The molecule has 2 unspecified atom stereocenters. The van der Waals surface area contributed by atoms with Crippen LogP contribution < -0.4 is 10.2 Å². The molecule has 1 saturated heterocycles. The molecule has 4 heterocycles. The highest BCUT2D eigenvalue weighted by Gasteiger charge is 2.44. The molecule has 0 aromatic carbocycles. The van der Waals surface area contributed by atoms with E-state index in [4.69, 9.17) is 0 Å². The van der Waals surface area contributed by atoms with Crippen molar-refractivity contribution in [3.05, 3.63) is 36.0 Å². The molecule has 1 fully saturated rings. The van der Waals surface area contributed by atoms with E-state index in [1.807, 2.05) is 0 Å². The Hall–Kier alpha value is -2.86. The van der Waals surface area contributed by atoms with Crippen LogP contribution in [0.25, 0.3) is 22.4 Å². The monoisotopic (exact) mass is 442 g/mol. The summed E-state index contributed by atoms with van der Waals surface area (Å²) in [5, 5.41) is 20.3. The molecule has 4 rings (SSSR count). The molecule has 1 aliphatic rings. The largest absolute Gasteiger partial charge is 0.391 e. The lowest BCUT2D eigenvalue weighted by atomic mass is 9.90. The molecule has 0 bridgehead atoms. The van der Waals surface area contributed by atoms with Gasteiger partial charge >= 0.3 is 6.18 Å². The van der Waals surface area contributed by atoms with E-state index in [2.05, 4.69) is 25.5 Å². The van der Waals surface area contributed by atoms with Crippen molar-refractivity contribution in [1.82, 2.24) is 25.5 Å². The molecule has 3 N–H and O–H groups in total. The number of pyridine rings is 2. The van der Waals surface area contributed by atoms with Crippen molar-refractivity contribution in [2.45, 2.75) is 31.2 Å². The van der Waals surface area contributed by atoms with Gasteiger partial charge in [-0.3, -0.25) is 5.10 Å². The number of aromatic amines is 1. The third-order valence-corrected chi connectivity index (χ3v) is 5.26. The Kier molecular flexibility index (Phi) is 5.30. The van der Waals surface area contributed by atoms with Crippen LogP contribution >= 0.6 is 0 Å². The molecule has 0 radical (unpaired) electrons. The first-order valence-corrected chi connectivity index (χ1v) is 9.48. The number of piperazine rings is 1. The molecule has 31 heavy (non-hydrogen) atoms. The number of fused-ring (bicyclic) bond motifs is 1. The second-order valence-corrected chi connectivity index (χ2v) is 7.70. The van der Waals surface area contributed by atoms with Gasteiger partial charge in [-0.2, -0.15) is 18.3 Å². The second kappa shape index (κ2) is 7.68. The molecule has 0 spiro atoms. The van der Waals surface area contributed by atoms with Gasteiger partial charge in [0.1, 0.15) is 5.69 Å². The number of nitrogens with one attached hydrogen (secondary N) is 2. The topological polar surface area (TPSA) is 90.0 Å². The maximum atomic E-state index is 14.6. The zero-order valence-electron chi connectivity index (χ0n) is 16.3. The summed E-state index contributed by atoms with van der Waals surface area (Å²) >= 11 is 0. The molecular weight excluding hydrogens is 423 g/mol. The summed E-state index contributed by atoms with van der Waals surface area (Å²) in [6, 6.07) is 2.95. The average Bonchev–Trinajstić information content (AvgIpc) is 3.10. The maximum Gasteiger partial charge on any atom is 0.391 e. The first-order valence-electron chi connectivity index (χ1n) is 9.48. The lowest BCUT2D eigenvalue weighted by Gasteiger charge is -2.42. The predicted octanol–water partition coefficient (Wildman–Crippen LogP) is 2.78. The zero-order chi connectivity index (χ0) is 22.4. The first-order chi connectivity index (χ1) is 14.5. The van der Waals surface area contributed by atoms with Gasteiger partial charge in [-0.15, -0.1) is 0 Å². The molecule has 0 saturated carbocycles. The normalized spacial score (nSPS) is 19.6. The van der Waals surface area contributed by atoms with Crippen LogP contribution in [0.15, 0.2) is 24.4 Å². The Labute approximate surface area is 173 Å². The van der Waals surface area contributed by atoms with Crippen LogP contribution in [0.3, 0.4) is 0 Å². The first kappa shape index (κ1) is 21.4. The Morgan fingerprint density at radius 3 is 2.77 bits per heavy atom. The predicted molar refractivity (Wildman–Crippen MR) is 102 cm³/mol. The van der Waals surface area contributed by atoms with Crippen molar-refractivity contribution < 1.29 is 27.1 Å². The maximum absolute atomic E-state index is 14.6. The van der Waals surface area contributed by atoms with E-state index >= 15 is 0 Å². The molecule has 3 aromatic rings. The Balaban J connectivity index is 1.67. The standard InChI is InChI=1S/C19H19F5N6O/c1-18(31,9-19(22,23)24)13-8-30(6-5-25-13)17-12(21)7-11(20)15(27-17)14-10-3-2-4-26-16(10)29-28-14/h2-4,7,13,25,31H,5-6,8-9H2,1H3,(H,26,28,29). The molecule has 7 nitrogen and oxygen atoms in total. The molecular formula is C19H19F5N6O. The molecule has 12 heteroatoms. The summed E-state index contributed by atoms with van der Waals surface area (Å²) in [5.74, 6) is -2.11. The van der Waals surface area contributed by atoms with Gasteiger partial charge in [-0.25, -0.2) is 18.7 Å². The number of aromatic nitrogens is 4. The molecule has 3 aromatic heterocycles. The summed E-state index contributed by atoms with van der Waals surface area (Å²) in [6.07, 6.45) is -4.49. The summed E-state index contributed by atoms with van der Waals surface area (Å²) in [7, 11) is 0. The SMILES string of the molecule is CC(O)(CC(F)(F)F)C1CN(c2nc(-c3[nH]nc4ncccc34)c(F)cc2F)CCN1. The van der Waals surface area contributed by atoms with E-state index in [-0.39, 0.29) is 36.8 Å². The number of rotatable bonds is 4. The van der Waals surface area contributed by atoms with Crippen LogP contribution in [-0.2, 0) is 0 Å². The summed E-state index contributed by atoms with van der Waals surface area (Å²) in [5.41, 5.74) is -1.78. The van der Waals surface area contributed by atoms with Crippen LogP contribution in [0.5, 0.6) is 0 Å². The minimum absolute atomic E-state index is 0.149. The number of anilines is 1. The highest BCUT2D eigenvalue weighted by Crippen LogP contribution is 2.33. The van der Waals surface area contributed by atoms with E-state index in [1.165, 1.54) is 11.1 Å². The Morgan fingerprint density at radius 2 is 2.03 bits per heavy atom. The van der Waals surface area contributed by atoms with Gasteiger partial charge in [-0.1, -0.05) is 0 Å². The number of aliphatic hydroxyl groups is 1. The number of nitrogens with zero attached hydrogens (tertiary/aromatic N) is 4. The molecule has 0 amide bonds. The highest BCUT2D eigenvalue weighted by molar-refractivity contribution is 5.89. The van der Waals surface area contributed by atoms with Crippen molar-refractivity contribution >= 4 is 16.9 Å². The Bertz CT molecular complexity index is 1100. The zero-order valence-corrected chi connectivity index (χ0v) is 16.3. The van der Waals surface area contributed by atoms with Crippen LogP contribution in [0.2, 0.25) is 0 Å². The number of alkyl halides is 3. The number of hydrogen-bond acceptors (Lipinski definition) is 6. The van der Waals surface area contributed by atoms with Crippen LogP contribution in [-0.4, -0.2) is 62.7 Å². The average molecular weight is 442 g/mol. The van der Waals surface area contributed by atoms with E-state index in [0.717, 1.165) is 6.92 Å². The van der Waals surface area contributed by atoms with Gasteiger partial charge in [0.15, 0.2) is 23.1 Å². The van der Waals surface area contributed by atoms with E-state index < -0.39 is 35.9 Å². The van der Waals surface area contributed by atoms with E-state index in [1.54, 1.807) is 12.1 Å². The molecule has 166 valence electrons. The minimum atomic E-state index is -4.57. The third-order valence-electron chi connectivity index (χ3n) is 5.26. The van der Waals surface area contributed by atoms with Crippen molar-refractivity contribution in [3.63, 3.8) is 0 Å². The van der Waals surface area contributed by atoms with Crippen LogP contribution in [0.4, 0.5) is 27.8 Å². The van der Waals surface area contributed by atoms with E-state index in [0.29, 0.717) is 17.1 Å². The highest BCUT2D eigenvalue weighted by atomic mass is 19.4. The quantitative estimate of drug-likeness (QED) is 0.539. The fraction of sp³-hybridized carbons (Fsp3) is 0.421. The molecule has 0 aliphatic carbocycles. The second-order valence-electron chi connectivity index (χ2n) is 7.70. The van der Waals surface area contributed by atoms with Gasteiger partial charge in [0.25, 0.3) is 0 Å². The minimum Gasteiger partial charge on any atom is -0.388 e. The van der Waals surface area contributed by atoms with Gasteiger partial charge in [0.2, 0.25) is 0 Å². The van der Waals surface area contributed by atoms with Gasteiger partial charge in [0, 0.05) is 37.3 Å². The summed E-state index contributed by atoms with van der Waals surface area (Å²) in [4.78, 5) is 9.56. The fourth-order valence-corrected chi connectivity index (χ4v) is 3.77. The van der Waals surface area contributed by atoms with Gasteiger partial charge in [-0.05, 0) is 19.1 Å². The van der Waals surface area contributed by atoms with Crippen molar-refractivity contribution in [2.75, 3.05) is 24.5 Å². The summed E-state index contributed by atoms with van der Waals surface area (Å²) < 4.78 is 67.7. The van der Waals surface area contributed by atoms with Crippen LogP contribution in [0.1, 0.15) is 13.3 Å². The van der Waals surface area contributed by atoms with Gasteiger partial charge < -0.3 is 15.3 Å². The van der Waals surface area contributed by atoms with E-state index in [9.17, 15) is 27.1 Å². The lowest BCUT2D eigenvalue weighted by Crippen LogP contribution is -2.61. The van der Waals surface area contributed by atoms with Crippen LogP contribution in [0, 0.1) is 11.6 Å². The molecule has 2 atom stereocenters. The fourth-order valence-electron chi connectivity index (χ4n) is 3.77. The molecule has 1 aliphatic heterocycles.